The second-order valence-corrected chi connectivity index (χ2v) is 7.07. The highest BCUT2D eigenvalue weighted by Gasteiger charge is 2.25. The first-order valence-corrected chi connectivity index (χ1v) is 9.10. The van der Waals surface area contributed by atoms with Gasteiger partial charge < -0.3 is 15.0 Å². The van der Waals surface area contributed by atoms with E-state index < -0.39 is 0 Å². The maximum Gasteiger partial charge on any atom is 0.222 e. The number of benzene rings is 1. The highest BCUT2D eigenvalue weighted by molar-refractivity contribution is 5.83. The molecule has 1 fully saturated rings. The van der Waals surface area contributed by atoms with Crippen LogP contribution in [0.1, 0.15) is 44.1 Å². The van der Waals surface area contributed by atoms with Gasteiger partial charge in [-0.2, -0.15) is 0 Å². The van der Waals surface area contributed by atoms with Gasteiger partial charge in [-0.25, -0.2) is 0 Å². The molecular formula is C20H28N2O2. The third-order valence-electron chi connectivity index (χ3n) is 5.53. The van der Waals surface area contributed by atoms with Gasteiger partial charge in [-0.1, -0.05) is 18.2 Å². The summed E-state index contributed by atoms with van der Waals surface area (Å²) < 4.78 is 0. The fourth-order valence-corrected chi connectivity index (χ4v) is 3.86. The highest BCUT2D eigenvalue weighted by atomic mass is 16.3. The number of nitrogens with one attached hydrogen (secondary N) is 1. The summed E-state index contributed by atoms with van der Waals surface area (Å²) in [6.07, 6.45) is 8.61. The maximum absolute atomic E-state index is 12.5. The van der Waals surface area contributed by atoms with Gasteiger partial charge >= 0.3 is 0 Å². The van der Waals surface area contributed by atoms with Crippen molar-refractivity contribution in [3.05, 3.63) is 36.0 Å². The first kappa shape index (κ1) is 17.0. The standard InChI is InChI=1S/C20H28N2O2/c1-22(17-11-9-15(14-23)10-12-17)20(24)8-4-5-16-13-21-19-7-3-2-6-18(16)19/h2-3,6-7,13,15,17,21,23H,4-5,8-12,14H2,1H3. The zero-order valence-corrected chi connectivity index (χ0v) is 14.5. The minimum atomic E-state index is 0.252. The number of hydrogen-bond acceptors (Lipinski definition) is 2. The van der Waals surface area contributed by atoms with Crippen LogP contribution < -0.4 is 0 Å². The second-order valence-electron chi connectivity index (χ2n) is 7.07. The summed E-state index contributed by atoms with van der Waals surface area (Å²) >= 11 is 0. The number of aryl methyl sites for hydroxylation is 1. The van der Waals surface area contributed by atoms with Crippen LogP contribution in [0.3, 0.4) is 0 Å². The molecule has 4 nitrogen and oxygen atoms in total. The minimum Gasteiger partial charge on any atom is -0.396 e. The molecular weight excluding hydrogens is 300 g/mol. The molecule has 0 unspecified atom stereocenters. The van der Waals surface area contributed by atoms with Gasteiger partial charge in [-0.3, -0.25) is 4.79 Å². The van der Waals surface area contributed by atoms with E-state index in [1.807, 2.05) is 18.0 Å². The van der Waals surface area contributed by atoms with Crippen molar-refractivity contribution in [1.82, 2.24) is 9.88 Å². The van der Waals surface area contributed by atoms with E-state index in [2.05, 4.69) is 29.4 Å². The molecule has 1 amide bonds. The number of rotatable bonds is 6. The molecule has 1 aliphatic rings. The predicted molar refractivity (Wildman–Crippen MR) is 96.8 cm³/mol. The van der Waals surface area contributed by atoms with E-state index in [4.69, 9.17) is 0 Å². The third-order valence-corrected chi connectivity index (χ3v) is 5.53. The van der Waals surface area contributed by atoms with E-state index >= 15 is 0 Å². The van der Waals surface area contributed by atoms with E-state index in [-0.39, 0.29) is 12.5 Å². The van der Waals surface area contributed by atoms with Gasteiger partial charge in [0.15, 0.2) is 0 Å². The van der Waals surface area contributed by atoms with Crippen LogP contribution in [-0.2, 0) is 11.2 Å². The van der Waals surface area contributed by atoms with Crippen molar-refractivity contribution in [3.8, 4) is 0 Å². The van der Waals surface area contributed by atoms with E-state index in [0.29, 0.717) is 18.4 Å². The molecule has 4 heteroatoms. The van der Waals surface area contributed by atoms with E-state index in [9.17, 15) is 9.90 Å². The summed E-state index contributed by atoms with van der Waals surface area (Å²) in [4.78, 5) is 17.7. The number of nitrogens with zero attached hydrogens (tertiary/aromatic N) is 1. The molecule has 0 aliphatic heterocycles. The highest BCUT2D eigenvalue weighted by Crippen LogP contribution is 2.27. The van der Waals surface area contributed by atoms with Gasteiger partial charge in [0.1, 0.15) is 0 Å². The topological polar surface area (TPSA) is 56.3 Å². The minimum absolute atomic E-state index is 0.252. The van der Waals surface area contributed by atoms with Crippen LogP contribution in [0, 0.1) is 5.92 Å². The number of aliphatic hydroxyl groups is 1. The molecule has 2 N–H and O–H groups in total. The number of aromatic amines is 1. The van der Waals surface area contributed by atoms with Crippen LogP contribution in [0.5, 0.6) is 0 Å². The molecule has 1 aromatic heterocycles. The molecule has 130 valence electrons. The lowest BCUT2D eigenvalue weighted by Gasteiger charge is -2.34. The number of hydrogen-bond donors (Lipinski definition) is 2. The Bertz CT molecular complexity index is 671. The van der Waals surface area contributed by atoms with E-state index in [1.165, 1.54) is 10.9 Å². The molecule has 3 rings (SSSR count). The van der Waals surface area contributed by atoms with Gasteiger partial charge in [0, 0.05) is 43.2 Å². The normalized spacial score (nSPS) is 21.1. The third kappa shape index (κ3) is 3.81. The Morgan fingerprint density at radius 1 is 1.25 bits per heavy atom. The zero-order chi connectivity index (χ0) is 16.9. The number of amides is 1. The summed E-state index contributed by atoms with van der Waals surface area (Å²) in [7, 11) is 1.94. The number of aliphatic hydroxyl groups excluding tert-OH is 1. The quantitative estimate of drug-likeness (QED) is 0.853. The summed E-state index contributed by atoms with van der Waals surface area (Å²) in [5, 5.41) is 10.5. The molecule has 1 saturated carbocycles. The van der Waals surface area contributed by atoms with Gasteiger partial charge in [0.2, 0.25) is 5.91 Å². The van der Waals surface area contributed by atoms with Crippen molar-refractivity contribution in [3.63, 3.8) is 0 Å². The Kier molecular flexibility index (Phi) is 5.56. The number of aromatic nitrogens is 1. The summed E-state index contributed by atoms with van der Waals surface area (Å²) in [5.74, 6) is 0.689. The molecule has 24 heavy (non-hydrogen) atoms. The number of para-hydroxylation sites is 1. The molecule has 0 bridgehead atoms. The molecule has 1 aliphatic carbocycles. The Balaban J connectivity index is 1.47. The SMILES string of the molecule is CN(C(=O)CCCc1c[nH]c2ccccc12)C1CCC(CO)CC1. The molecule has 0 radical (unpaired) electrons. The summed E-state index contributed by atoms with van der Waals surface area (Å²) in [5.41, 5.74) is 2.46. The van der Waals surface area contributed by atoms with Crippen molar-refractivity contribution in [2.75, 3.05) is 13.7 Å². The summed E-state index contributed by atoms with van der Waals surface area (Å²) in [6, 6.07) is 8.66. The molecule has 0 atom stereocenters. The lowest BCUT2D eigenvalue weighted by atomic mass is 9.86. The largest absolute Gasteiger partial charge is 0.396 e. The molecule has 1 aromatic carbocycles. The Hall–Kier alpha value is -1.81. The number of carbonyl (C=O) groups is 1. The maximum atomic E-state index is 12.5. The van der Waals surface area contributed by atoms with E-state index in [0.717, 1.165) is 44.0 Å². The monoisotopic (exact) mass is 328 g/mol. The fourth-order valence-electron chi connectivity index (χ4n) is 3.86. The average molecular weight is 328 g/mol. The second kappa shape index (κ2) is 7.84. The Labute approximate surface area is 143 Å². The molecule has 2 aromatic rings. The predicted octanol–water partition coefficient (Wildman–Crippen LogP) is 3.50. The van der Waals surface area contributed by atoms with Gasteiger partial charge in [-0.05, 0) is 56.1 Å². The van der Waals surface area contributed by atoms with Crippen LogP contribution in [0.15, 0.2) is 30.5 Å². The van der Waals surface area contributed by atoms with Crippen LogP contribution in [0.2, 0.25) is 0 Å². The first-order chi connectivity index (χ1) is 11.7. The number of fused-ring (bicyclic) bond motifs is 1. The van der Waals surface area contributed by atoms with E-state index in [1.54, 1.807) is 0 Å². The van der Waals surface area contributed by atoms with Crippen LogP contribution >= 0.6 is 0 Å². The van der Waals surface area contributed by atoms with Crippen molar-refractivity contribution < 1.29 is 9.90 Å². The zero-order valence-electron chi connectivity index (χ0n) is 14.5. The number of carbonyl (C=O) groups excluding carboxylic acids is 1. The van der Waals surface area contributed by atoms with Crippen molar-refractivity contribution in [1.29, 1.82) is 0 Å². The van der Waals surface area contributed by atoms with Gasteiger partial charge in [-0.15, -0.1) is 0 Å². The molecule has 0 spiro atoms. The van der Waals surface area contributed by atoms with Crippen molar-refractivity contribution in [2.45, 2.75) is 51.0 Å². The number of H-pyrrole nitrogens is 1. The molecule has 0 saturated heterocycles. The van der Waals surface area contributed by atoms with Gasteiger partial charge in [0.25, 0.3) is 0 Å². The van der Waals surface area contributed by atoms with Crippen LogP contribution in [0.25, 0.3) is 10.9 Å². The molecule has 1 heterocycles. The Morgan fingerprint density at radius 2 is 2.00 bits per heavy atom. The van der Waals surface area contributed by atoms with Crippen LogP contribution in [-0.4, -0.2) is 40.6 Å². The summed E-state index contributed by atoms with van der Waals surface area (Å²) in [6.45, 7) is 0.287. The smallest absolute Gasteiger partial charge is 0.222 e. The fraction of sp³-hybridized carbons (Fsp3) is 0.550. The van der Waals surface area contributed by atoms with Crippen molar-refractivity contribution >= 4 is 16.8 Å². The first-order valence-electron chi connectivity index (χ1n) is 9.10. The lowest BCUT2D eigenvalue weighted by Crippen LogP contribution is -2.39. The lowest BCUT2D eigenvalue weighted by molar-refractivity contribution is -0.132. The Morgan fingerprint density at radius 3 is 2.75 bits per heavy atom. The van der Waals surface area contributed by atoms with Crippen molar-refractivity contribution in [2.24, 2.45) is 5.92 Å². The van der Waals surface area contributed by atoms with Crippen LogP contribution in [0.4, 0.5) is 0 Å². The average Bonchev–Trinajstić information content (AvgIpc) is 3.04. The van der Waals surface area contributed by atoms with Gasteiger partial charge in [0.05, 0.1) is 0 Å².